The largest absolute Gasteiger partial charge is 0.302 e. The van der Waals surface area contributed by atoms with Crippen LogP contribution in [0.4, 0.5) is 0 Å². The van der Waals surface area contributed by atoms with Crippen molar-refractivity contribution < 1.29 is 0 Å². The molecule has 0 aromatic heterocycles. The third kappa shape index (κ3) is 2.11. The highest BCUT2D eigenvalue weighted by Crippen LogP contribution is 2.67. The Balaban J connectivity index is 1.88. The van der Waals surface area contributed by atoms with Crippen LogP contribution in [0.1, 0.15) is 33.1 Å². The maximum absolute atomic E-state index is 2.71. The molecule has 0 atom stereocenters. The molecule has 0 saturated carbocycles. The molecule has 0 spiro atoms. The minimum atomic E-state index is -0.193. The zero-order valence-electron chi connectivity index (χ0n) is 10.0. The molecule has 0 unspecified atom stereocenters. The number of hydrogen-bond donors (Lipinski definition) is 0. The molecule has 0 aromatic rings. The first-order valence-corrected chi connectivity index (χ1v) is 8.37. The van der Waals surface area contributed by atoms with E-state index in [2.05, 4.69) is 25.0 Å². The van der Waals surface area contributed by atoms with Crippen LogP contribution in [-0.2, 0) is 0 Å². The second kappa shape index (κ2) is 3.71. The second-order valence-corrected chi connectivity index (χ2v) is 10.2. The maximum atomic E-state index is 2.71. The van der Waals surface area contributed by atoms with Crippen LogP contribution in [0.25, 0.3) is 0 Å². The Morgan fingerprint density at radius 1 is 1.07 bits per heavy atom. The van der Waals surface area contributed by atoms with Crippen molar-refractivity contribution in [1.29, 1.82) is 0 Å². The average molecular weight is 215 g/mol. The quantitative estimate of drug-likeness (QED) is 0.654. The normalized spacial score (nSPS) is 29.9. The van der Waals surface area contributed by atoms with E-state index >= 15 is 0 Å². The van der Waals surface area contributed by atoms with Crippen LogP contribution < -0.4 is 0 Å². The van der Waals surface area contributed by atoms with Crippen molar-refractivity contribution in [2.75, 3.05) is 37.4 Å². The fourth-order valence-electron chi connectivity index (χ4n) is 2.49. The van der Waals surface area contributed by atoms with Gasteiger partial charge in [0.05, 0.1) is 0 Å². The van der Waals surface area contributed by atoms with E-state index in [1.54, 1.807) is 0 Å². The highest BCUT2D eigenvalue weighted by molar-refractivity contribution is 8.39. The van der Waals surface area contributed by atoms with E-state index in [0.717, 1.165) is 0 Å². The Labute approximate surface area is 90.6 Å². The van der Waals surface area contributed by atoms with E-state index in [1.807, 2.05) is 0 Å². The van der Waals surface area contributed by atoms with Gasteiger partial charge in [-0.15, -0.1) is 0 Å². The Bertz CT molecular complexity index is 202. The van der Waals surface area contributed by atoms with E-state index in [1.165, 1.54) is 50.4 Å². The van der Waals surface area contributed by atoms with Crippen LogP contribution in [0.2, 0.25) is 0 Å². The summed E-state index contributed by atoms with van der Waals surface area (Å²) < 4.78 is 0.615. The van der Waals surface area contributed by atoms with Crippen molar-refractivity contribution in [3.05, 3.63) is 0 Å². The molecule has 0 aromatic carbocycles. The van der Waals surface area contributed by atoms with Gasteiger partial charge < -0.3 is 4.90 Å². The van der Waals surface area contributed by atoms with Crippen molar-refractivity contribution in [1.82, 2.24) is 4.90 Å². The first-order valence-electron chi connectivity index (χ1n) is 5.99. The topological polar surface area (TPSA) is 3.24 Å². The molecule has 2 saturated heterocycles. The minimum Gasteiger partial charge on any atom is -0.302 e. The summed E-state index contributed by atoms with van der Waals surface area (Å²) in [5.74, 6) is 3.07. The Hall–Kier alpha value is 0.310. The van der Waals surface area contributed by atoms with Gasteiger partial charge in [-0.05, 0) is 43.7 Å². The highest BCUT2D eigenvalue weighted by Gasteiger charge is 2.45. The zero-order valence-corrected chi connectivity index (χ0v) is 10.8. The van der Waals surface area contributed by atoms with Gasteiger partial charge >= 0.3 is 0 Å². The first kappa shape index (κ1) is 10.8. The summed E-state index contributed by atoms with van der Waals surface area (Å²) in [4.78, 5) is 2.71. The maximum Gasteiger partial charge on any atom is 0.0109 e. The van der Waals surface area contributed by atoms with Crippen LogP contribution in [0.3, 0.4) is 0 Å². The summed E-state index contributed by atoms with van der Waals surface area (Å²) in [5.41, 5.74) is 0. The van der Waals surface area contributed by atoms with E-state index in [-0.39, 0.29) is 10.0 Å². The number of hydrogen-bond acceptors (Lipinski definition) is 1. The lowest BCUT2D eigenvalue weighted by Crippen LogP contribution is -2.41. The van der Waals surface area contributed by atoms with Gasteiger partial charge in [0.15, 0.2) is 0 Å². The third-order valence-corrected chi connectivity index (χ3v) is 8.63. The Kier molecular flexibility index (Phi) is 2.87. The van der Waals surface area contributed by atoms with Gasteiger partial charge in [-0.2, -0.15) is 0 Å². The molecule has 14 heavy (non-hydrogen) atoms. The molecule has 0 bridgehead atoms. The summed E-state index contributed by atoms with van der Waals surface area (Å²) in [6, 6.07) is 0. The minimum absolute atomic E-state index is 0.193. The summed E-state index contributed by atoms with van der Waals surface area (Å²) in [6.45, 7) is 9.09. The lowest BCUT2D eigenvalue weighted by atomic mass is 10.1. The fourth-order valence-corrected chi connectivity index (χ4v) is 5.09. The standard InChI is InChI=1S/C12H25NS/c1-12(2,14(3)9-10-14)11-13-7-5-4-6-8-13/h4-11H2,1-3H3. The van der Waals surface area contributed by atoms with Gasteiger partial charge in [0.25, 0.3) is 0 Å². The fraction of sp³-hybridized carbons (Fsp3) is 1.00. The monoisotopic (exact) mass is 215 g/mol. The molecular weight excluding hydrogens is 190 g/mol. The van der Waals surface area contributed by atoms with Crippen molar-refractivity contribution in [2.45, 2.75) is 37.9 Å². The van der Waals surface area contributed by atoms with E-state index in [0.29, 0.717) is 4.75 Å². The number of piperidine rings is 1. The smallest absolute Gasteiger partial charge is 0.0109 e. The van der Waals surface area contributed by atoms with E-state index in [9.17, 15) is 0 Å². The summed E-state index contributed by atoms with van der Waals surface area (Å²) >= 11 is 0. The van der Waals surface area contributed by atoms with Gasteiger partial charge in [0.1, 0.15) is 0 Å². The molecule has 2 heterocycles. The number of nitrogens with zero attached hydrogens (tertiary/aromatic N) is 1. The lowest BCUT2D eigenvalue weighted by Gasteiger charge is -2.41. The van der Waals surface area contributed by atoms with Crippen LogP contribution in [0, 0.1) is 0 Å². The van der Waals surface area contributed by atoms with Crippen LogP contribution in [0.5, 0.6) is 0 Å². The summed E-state index contributed by atoms with van der Waals surface area (Å²) in [6.07, 6.45) is 6.88. The third-order valence-electron chi connectivity index (χ3n) is 4.20. The average Bonchev–Trinajstić information content (AvgIpc) is 2.86. The molecule has 84 valence electrons. The summed E-state index contributed by atoms with van der Waals surface area (Å²) in [7, 11) is -0.193. The van der Waals surface area contributed by atoms with Gasteiger partial charge in [0, 0.05) is 11.3 Å². The Morgan fingerprint density at radius 3 is 2.14 bits per heavy atom. The first-order chi connectivity index (χ1) is 6.54. The molecule has 2 fully saturated rings. The molecule has 0 amide bonds. The molecule has 2 aliphatic heterocycles. The van der Waals surface area contributed by atoms with Crippen LogP contribution in [-0.4, -0.2) is 47.0 Å². The van der Waals surface area contributed by atoms with Gasteiger partial charge in [-0.3, -0.25) is 0 Å². The molecular formula is C12H25NS. The SMILES string of the molecule is CC(C)(CN1CCCCC1)S1(C)CC1. The molecule has 1 nitrogen and oxygen atoms in total. The molecule has 0 aliphatic carbocycles. The van der Waals surface area contributed by atoms with Gasteiger partial charge in [-0.25, -0.2) is 10.0 Å². The van der Waals surface area contributed by atoms with Gasteiger partial charge in [-0.1, -0.05) is 20.3 Å². The van der Waals surface area contributed by atoms with E-state index < -0.39 is 0 Å². The molecule has 0 N–H and O–H groups in total. The van der Waals surface area contributed by atoms with Crippen molar-refractivity contribution >= 4 is 10.0 Å². The molecule has 0 radical (unpaired) electrons. The van der Waals surface area contributed by atoms with Crippen LogP contribution in [0.15, 0.2) is 0 Å². The number of likely N-dealkylation sites (tertiary alicyclic amines) is 1. The van der Waals surface area contributed by atoms with Crippen molar-refractivity contribution in [3.8, 4) is 0 Å². The predicted molar refractivity (Wildman–Crippen MR) is 67.6 cm³/mol. The highest BCUT2D eigenvalue weighted by atomic mass is 32.3. The Morgan fingerprint density at radius 2 is 1.64 bits per heavy atom. The number of rotatable bonds is 3. The van der Waals surface area contributed by atoms with E-state index in [4.69, 9.17) is 0 Å². The molecule has 2 aliphatic rings. The lowest BCUT2D eigenvalue weighted by molar-refractivity contribution is 0.214. The van der Waals surface area contributed by atoms with Gasteiger partial charge in [0.2, 0.25) is 0 Å². The second-order valence-electron chi connectivity index (χ2n) is 5.78. The zero-order chi connectivity index (χ0) is 10.2. The van der Waals surface area contributed by atoms with Crippen LogP contribution >= 0.6 is 10.0 Å². The predicted octanol–water partition coefficient (Wildman–Crippen LogP) is 2.70. The molecule has 2 rings (SSSR count). The molecule has 2 heteroatoms. The van der Waals surface area contributed by atoms with Crippen molar-refractivity contribution in [2.24, 2.45) is 0 Å². The summed E-state index contributed by atoms with van der Waals surface area (Å²) in [5, 5.41) is 0. The van der Waals surface area contributed by atoms with Crippen molar-refractivity contribution in [3.63, 3.8) is 0 Å².